The summed E-state index contributed by atoms with van der Waals surface area (Å²) in [4.78, 5) is 13.4. The molecule has 1 heterocycles. The number of nitrogens with zero attached hydrogens (tertiary/aromatic N) is 1. The molecule has 0 spiro atoms. The Hall–Kier alpha value is -1.52. The third-order valence-electron chi connectivity index (χ3n) is 5.31. The van der Waals surface area contributed by atoms with Crippen molar-refractivity contribution in [2.24, 2.45) is 5.92 Å². The van der Waals surface area contributed by atoms with Crippen molar-refractivity contribution < 1.29 is 9.53 Å². The summed E-state index contributed by atoms with van der Waals surface area (Å²) in [5.41, 5.74) is 9.15. The first kappa shape index (κ1) is 20.8. The monoisotopic (exact) mass is 378 g/mol. The summed E-state index contributed by atoms with van der Waals surface area (Å²) in [6.45, 7) is 3.54. The number of nitrogens with two attached hydrogens (primary N) is 1. The van der Waals surface area contributed by atoms with Gasteiger partial charge in [-0.1, -0.05) is 36.9 Å². The van der Waals surface area contributed by atoms with Gasteiger partial charge in [-0.25, -0.2) is 0 Å². The van der Waals surface area contributed by atoms with Crippen LogP contribution < -0.4 is 5.73 Å². The Kier molecular flexibility index (Phi) is 8.46. The van der Waals surface area contributed by atoms with Crippen LogP contribution in [-0.2, 0) is 9.53 Å². The van der Waals surface area contributed by atoms with E-state index in [0.717, 1.165) is 37.2 Å². The van der Waals surface area contributed by atoms with Crippen LogP contribution in [0.15, 0.2) is 24.3 Å². The lowest BCUT2D eigenvalue weighted by Gasteiger charge is -2.38. The van der Waals surface area contributed by atoms with E-state index in [1.54, 1.807) is 7.11 Å². The lowest BCUT2D eigenvalue weighted by Crippen LogP contribution is -2.42. The zero-order valence-electron chi connectivity index (χ0n) is 15.9. The molecule has 1 aromatic rings. The van der Waals surface area contributed by atoms with Gasteiger partial charge in [-0.2, -0.15) is 0 Å². The van der Waals surface area contributed by atoms with Gasteiger partial charge in [-0.15, -0.1) is 0 Å². The van der Waals surface area contributed by atoms with E-state index in [0.29, 0.717) is 10.9 Å². The summed E-state index contributed by atoms with van der Waals surface area (Å²) in [6.07, 6.45) is 10.4. The molecule has 0 saturated heterocycles. The first-order valence-corrected chi connectivity index (χ1v) is 9.94. The Balaban J connectivity index is 0.000000552. The highest BCUT2D eigenvalue weighted by molar-refractivity contribution is 6.30. The smallest absolute Gasteiger partial charge is 0.210 e. The van der Waals surface area contributed by atoms with Gasteiger partial charge in [0.05, 0.1) is 6.04 Å². The fourth-order valence-corrected chi connectivity index (χ4v) is 3.99. The summed E-state index contributed by atoms with van der Waals surface area (Å²) < 4.78 is 4.54. The number of benzene rings is 1. The molecule has 3 rings (SSSR count). The Morgan fingerprint density at radius 2 is 2.00 bits per heavy atom. The van der Waals surface area contributed by atoms with E-state index < -0.39 is 0 Å². The van der Waals surface area contributed by atoms with Crippen molar-refractivity contribution in [1.82, 2.24) is 4.90 Å². The third-order valence-corrected chi connectivity index (χ3v) is 5.55. The quantitative estimate of drug-likeness (QED) is 0.606. The molecule has 0 radical (unpaired) electrons. The molecule has 1 unspecified atom stereocenters. The van der Waals surface area contributed by atoms with E-state index >= 15 is 0 Å². The number of hydrogen-bond acceptors (Lipinski definition) is 3. The zero-order chi connectivity index (χ0) is 18.9. The number of nitrogen functional groups attached to an aromatic ring is 1. The number of amides is 1. The number of hydrogen-bond donors (Lipinski definition) is 1. The predicted molar refractivity (Wildman–Crippen MR) is 109 cm³/mol. The number of rotatable bonds is 4. The first-order chi connectivity index (χ1) is 12.6. The molecule has 0 bridgehead atoms. The molecule has 1 amide bonds. The van der Waals surface area contributed by atoms with Crippen molar-refractivity contribution in [1.29, 1.82) is 0 Å². The van der Waals surface area contributed by atoms with Gasteiger partial charge in [0.1, 0.15) is 0 Å². The van der Waals surface area contributed by atoms with E-state index in [9.17, 15) is 4.79 Å². The van der Waals surface area contributed by atoms with Crippen LogP contribution in [0.5, 0.6) is 0 Å². The minimum atomic E-state index is 0.208. The highest BCUT2D eigenvalue weighted by Crippen LogP contribution is 2.36. The predicted octanol–water partition coefficient (Wildman–Crippen LogP) is 4.77. The summed E-state index contributed by atoms with van der Waals surface area (Å²) in [6, 6.07) is 5.83. The Bertz CT molecular complexity index is 610. The SMILES string of the molecule is CCOC.Nc1ccc(Cl)cc1C1=CC(C2CCCCC2)N(C=O)CC1. The van der Waals surface area contributed by atoms with Crippen LogP contribution in [0.2, 0.25) is 5.02 Å². The molecule has 4 nitrogen and oxygen atoms in total. The molecular weight excluding hydrogens is 348 g/mol. The van der Waals surface area contributed by atoms with Crippen molar-refractivity contribution in [2.75, 3.05) is 26.0 Å². The van der Waals surface area contributed by atoms with Gasteiger partial charge in [0.15, 0.2) is 0 Å². The van der Waals surface area contributed by atoms with Crippen molar-refractivity contribution in [3.63, 3.8) is 0 Å². The van der Waals surface area contributed by atoms with Gasteiger partial charge in [-0.05, 0) is 55.9 Å². The molecule has 1 fully saturated rings. The maximum absolute atomic E-state index is 11.4. The van der Waals surface area contributed by atoms with E-state index in [1.165, 1.54) is 37.7 Å². The average Bonchev–Trinajstić information content (AvgIpc) is 2.70. The van der Waals surface area contributed by atoms with Crippen LogP contribution in [0.1, 0.15) is 51.0 Å². The molecule has 1 aliphatic carbocycles. The molecule has 2 aliphatic rings. The fraction of sp³-hybridized carbons (Fsp3) is 0.571. The second-order valence-electron chi connectivity index (χ2n) is 6.98. The second-order valence-corrected chi connectivity index (χ2v) is 7.42. The maximum atomic E-state index is 11.4. The number of anilines is 1. The van der Waals surface area contributed by atoms with Crippen molar-refractivity contribution in [3.8, 4) is 0 Å². The molecule has 1 saturated carbocycles. The lowest BCUT2D eigenvalue weighted by molar-refractivity contribution is -0.120. The van der Waals surface area contributed by atoms with Gasteiger partial charge in [0, 0.05) is 36.5 Å². The average molecular weight is 379 g/mol. The molecule has 1 aliphatic heterocycles. The lowest BCUT2D eigenvalue weighted by atomic mass is 9.80. The second kappa shape index (κ2) is 10.6. The highest BCUT2D eigenvalue weighted by atomic mass is 35.5. The van der Waals surface area contributed by atoms with Gasteiger partial charge < -0.3 is 15.4 Å². The minimum Gasteiger partial charge on any atom is -0.398 e. The zero-order valence-corrected chi connectivity index (χ0v) is 16.7. The van der Waals surface area contributed by atoms with E-state index in [-0.39, 0.29) is 6.04 Å². The van der Waals surface area contributed by atoms with Crippen LogP contribution in [0, 0.1) is 5.92 Å². The normalized spacial score (nSPS) is 20.8. The summed E-state index contributed by atoms with van der Waals surface area (Å²) in [5, 5.41) is 0.706. The molecule has 2 N–H and O–H groups in total. The summed E-state index contributed by atoms with van der Waals surface area (Å²) >= 11 is 6.13. The van der Waals surface area contributed by atoms with Crippen LogP contribution in [0.3, 0.4) is 0 Å². The van der Waals surface area contributed by atoms with E-state index in [1.807, 2.05) is 30.0 Å². The van der Waals surface area contributed by atoms with Gasteiger partial charge in [-0.3, -0.25) is 4.79 Å². The van der Waals surface area contributed by atoms with Gasteiger partial charge in [0.2, 0.25) is 6.41 Å². The molecule has 0 aromatic heterocycles. The maximum Gasteiger partial charge on any atom is 0.210 e. The summed E-state index contributed by atoms with van der Waals surface area (Å²) in [7, 11) is 1.68. The number of halogens is 1. The van der Waals surface area contributed by atoms with Crippen LogP contribution in [0.4, 0.5) is 5.69 Å². The van der Waals surface area contributed by atoms with E-state index in [2.05, 4.69) is 10.8 Å². The number of methoxy groups -OCH3 is 1. The fourth-order valence-electron chi connectivity index (χ4n) is 3.82. The number of carbonyl (C=O) groups excluding carboxylic acids is 1. The molecule has 144 valence electrons. The largest absolute Gasteiger partial charge is 0.398 e. The van der Waals surface area contributed by atoms with Crippen LogP contribution in [0.25, 0.3) is 5.57 Å². The molecule has 1 aromatic carbocycles. The first-order valence-electron chi connectivity index (χ1n) is 9.56. The molecular formula is C21H31ClN2O2. The van der Waals surface area contributed by atoms with Crippen molar-refractivity contribution >= 4 is 29.3 Å². The van der Waals surface area contributed by atoms with Crippen LogP contribution in [-0.4, -0.2) is 37.6 Å². The minimum absolute atomic E-state index is 0.208. The number of ether oxygens (including phenoxy) is 1. The third kappa shape index (κ3) is 5.49. The van der Waals surface area contributed by atoms with Crippen LogP contribution >= 0.6 is 11.6 Å². The van der Waals surface area contributed by atoms with Crippen molar-refractivity contribution in [3.05, 3.63) is 34.9 Å². The van der Waals surface area contributed by atoms with Crippen molar-refractivity contribution in [2.45, 2.75) is 51.5 Å². The Labute approximate surface area is 162 Å². The highest BCUT2D eigenvalue weighted by Gasteiger charge is 2.30. The Morgan fingerprint density at radius 3 is 2.62 bits per heavy atom. The topological polar surface area (TPSA) is 55.6 Å². The molecule has 1 atom stereocenters. The molecule has 26 heavy (non-hydrogen) atoms. The van der Waals surface area contributed by atoms with Gasteiger partial charge >= 0.3 is 0 Å². The van der Waals surface area contributed by atoms with E-state index in [4.69, 9.17) is 17.3 Å². The number of carbonyl (C=O) groups is 1. The Morgan fingerprint density at radius 1 is 1.31 bits per heavy atom. The van der Waals surface area contributed by atoms with Gasteiger partial charge in [0.25, 0.3) is 0 Å². The summed E-state index contributed by atoms with van der Waals surface area (Å²) in [5.74, 6) is 0.578. The molecule has 5 heteroatoms. The standard InChI is InChI=1S/C18H23ClN2O.C3H8O/c19-15-6-7-17(20)16(11-15)14-8-9-21(12-22)18(10-14)13-4-2-1-3-5-13;1-3-4-2/h6-7,10-13,18H,1-5,8-9,20H2;3H2,1-2H3.